The van der Waals surface area contributed by atoms with Gasteiger partial charge in [-0.3, -0.25) is 0 Å². The third-order valence-electron chi connectivity index (χ3n) is 2.00. The van der Waals surface area contributed by atoms with Gasteiger partial charge in [-0.2, -0.15) is 0 Å². The zero-order valence-electron chi connectivity index (χ0n) is 8.25. The van der Waals surface area contributed by atoms with Crippen molar-refractivity contribution >= 4 is 11.4 Å². The van der Waals surface area contributed by atoms with Gasteiger partial charge < -0.3 is 11.2 Å². The van der Waals surface area contributed by atoms with Crippen LogP contribution in [0, 0.1) is 0 Å². The third-order valence-corrected chi connectivity index (χ3v) is 2.00. The quantitative estimate of drug-likeness (QED) is 0.548. The second-order valence-electron chi connectivity index (χ2n) is 2.87. The average Bonchev–Trinajstić information content (AvgIpc) is 2.17. The fourth-order valence-corrected chi connectivity index (χ4v) is 1.15. The maximum atomic E-state index is 5.79. The number of nitrogens with zero attached hydrogens (tertiary/aromatic N) is 1. The zero-order chi connectivity index (χ0) is 9.68. The van der Waals surface area contributed by atoms with E-state index in [2.05, 4.69) is 24.3 Å². The molecule has 0 saturated carbocycles. The first-order valence-electron chi connectivity index (χ1n) is 4.64. The van der Waals surface area contributed by atoms with Gasteiger partial charge in [-0.1, -0.05) is 26.0 Å². The number of hydrogen-bond acceptors (Lipinski definition) is 3. The lowest BCUT2D eigenvalue weighted by Crippen LogP contribution is -2.29. The molecular formula is C10H17N3. The van der Waals surface area contributed by atoms with Crippen molar-refractivity contribution in [3.8, 4) is 0 Å². The fourth-order valence-electron chi connectivity index (χ4n) is 1.15. The van der Waals surface area contributed by atoms with E-state index in [4.69, 9.17) is 5.73 Å². The predicted octanol–water partition coefficient (Wildman–Crippen LogP) is 1.94. The largest absolute Gasteiger partial charge is 0.397 e. The number of nitrogens with one attached hydrogen (secondary N) is 1. The van der Waals surface area contributed by atoms with E-state index < -0.39 is 0 Å². The van der Waals surface area contributed by atoms with Crippen molar-refractivity contribution in [2.24, 2.45) is 0 Å². The van der Waals surface area contributed by atoms with Crippen LogP contribution in [0.5, 0.6) is 0 Å². The van der Waals surface area contributed by atoms with Gasteiger partial charge in [0.2, 0.25) is 0 Å². The molecule has 0 saturated heterocycles. The Kier molecular flexibility index (Phi) is 3.58. The van der Waals surface area contributed by atoms with Gasteiger partial charge in [-0.25, -0.2) is 5.01 Å². The minimum absolute atomic E-state index is 0.786. The number of nitrogen functional groups attached to an aromatic ring is 1. The molecule has 0 unspecified atom stereocenters. The van der Waals surface area contributed by atoms with E-state index in [1.165, 1.54) is 0 Å². The molecule has 1 rings (SSSR count). The van der Waals surface area contributed by atoms with E-state index in [1.54, 1.807) is 0 Å². The summed E-state index contributed by atoms with van der Waals surface area (Å²) >= 11 is 0. The van der Waals surface area contributed by atoms with Crippen LogP contribution >= 0.6 is 0 Å². The summed E-state index contributed by atoms with van der Waals surface area (Å²) in [6, 6.07) is 7.78. The lowest BCUT2D eigenvalue weighted by Gasteiger charge is -2.21. The summed E-state index contributed by atoms with van der Waals surface area (Å²) in [6.07, 6.45) is 0. The highest BCUT2D eigenvalue weighted by Gasteiger charge is 2.00. The van der Waals surface area contributed by atoms with Crippen LogP contribution in [-0.4, -0.2) is 18.1 Å². The summed E-state index contributed by atoms with van der Waals surface area (Å²) < 4.78 is 0. The number of para-hydroxylation sites is 2. The highest BCUT2D eigenvalue weighted by atomic mass is 15.5. The third kappa shape index (κ3) is 2.63. The van der Waals surface area contributed by atoms with Crippen LogP contribution in [0.25, 0.3) is 0 Å². The summed E-state index contributed by atoms with van der Waals surface area (Å²) in [5.74, 6) is 0. The number of nitrogens with two attached hydrogens (primary N) is 1. The SMILES string of the molecule is CCN(CC)Nc1ccccc1N. The van der Waals surface area contributed by atoms with E-state index in [9.17, 15) is 0 Å². The number of hydrazine groups is 1. The molecule has 0 bridgehead atoms. The molecule has 0 atom stereocenters. The molecule has 0 spiro atoms. The Morgan fingerprint density at radius 2 is 1.85 bits per heavy atom. The molecule has 0 radical (unpaired) electrons. The summed E-state index contributed by atoms with van der Waals surface area (Å²) in [6.45, 7) is 6.14. The first-order chi connectivity index (χ1) is 6.27. The van der Waals surface area contributed by atoms with Crippen molar-refractivity contribution in [1.82, 2.24) is 5.01 Å². The van der Waals surface area contributed by atoms with Crippen LogP contribution in [0.4, 0.5) is 11.4 Å². The van der Waals surface area contributed by atoms with Crippen LogP contribution in [0.3, 0.4) is 0 Å². The molecule has 13 heavy (non-hydrogen) atoms. The molecule has 1 aromatic rings. The monoisotopic (exact) mass is 179 g/mol. The molecule has 0 aromatic heterocycles. The van der Waals surface area contributed by atoms with Gasteiger partial charge in [-0.05, 0) is 12.1 Å². The molecule has 0 aliphatic carbocycles. The first-order valence-corrected chi connectivity index (χ1v) is 4.64. The van der Waals surface area contributed by atoms with Crippen LogP contribution in [0.2, 0.25) is 0 Å². The minimum atomic E-state index is 0.786. The Labute approximate surface area is 79.5 Å². The van der Waals surface area contributed by atoms with E-state index in [-0.39, 0.29) is 0 Å². The van der Waals surface area contributed by atoms with Crippen molar-refractivity contribution in [3.63, 3.8) is 0 Å². The second kappa shape index (κ2) is 4.72. The predicted molar refractivity (Wildman–Crippen MR) is 57.4 cm³/mol. The Morgan fingerprint density at radius 3 is 2.38 bits per heavy atom. The molecule has 1 aromatic carbocycles. The Bertz CT molecular complexity index is 256. The lowest BCUT2D eigenvalue weighted by atomic mass is 10.3. The molecule has 72 valence electrons. The van der Waals surface area contributed by atoms with Crippen LogP contribution < -0.4 is 11.2 Å². The molecule has 0 fully saturated rings. The molecule has 0 aliphatic heterocycles. The normalized spacial score (nSPS) is 10.4. The molecule has 0 aliphatic rings. The van der Waals surface area contributed by atoms with Crippen LogP contribution in [-0.2, 0) is 0 Å². The van der Waals surface area contributed by atoms with Gasteiger partial charge in [0.15, 0.2) is 0 Å². The van der Waals surface area contributed by atoms with Gasteiger partial charge in [0.1, 0.15) is 0 Å². The summed E-state index contributed by atoms with van der Waals surface area (Å²) in [4.78, 5) is 0. The first kappa shape index (κ1) is 9.86. The number of anilines is 2. The van der Waals surface area contributed by atoms with Crippen molar-refractivity contribution in [2.75, 3.05) is 24.2 Å². The van der Waals surface area contributed by atoms with Gasteiger partial charge in [0.05, 0.1) is 11.4 Å². The van der Waals surface area contributed by atoms with E-state index in [0.717, 1.165) is 24.5 Å². The highest BCUT2D eigenvalue weighted by Crippen LogP contribution is 2.16. The number of rotatable bonds is 4. The summed E-state index contributed by atoms with van der Waals surface area (Å²) in [5.41, 5.74) is 10.8. The number of hydrogen-bond donors (Lipinski definition) is 2. The lowest BCUT2D eigenvalue weighted by molar-refractivity contribution is 0.367. The standard InChI is InChI=1S/C10H17N3/c1-3-13(4-2)12-10-8-6-5-7-9(10)11/h5-8,12H,3-4,11H2,1-2H3. The van der Waals surface area contributed by atoms with Crippen molar-refractivity contribution in [1.29, 1.82) is 0 Å². The van der Waals surface area contributed by atoms with Gasteiger partial charge in [0, 0.05) is 13.1 Å². The molecule has 3 heteroatoms. The molecular weight excluding hydrogens is 162 g/mol. The molecule has 3 nitrogen and oxygen atoms in total. The van der Waals surface area contributed by atoms with Gasteiger partial charge in [0.25, 0.3) is 0 Å². The molecule has 0 heterocycles. The Balaban J connectivity index is 2.67. The number of benzene rings is 1. The smallest absolute Gasteiger partial charge is 0.0719 e. The van der Waals surface area contributed by atoms with E-state index in [1.807, 2.05) is 24.3 Å². The highest BCUT2D eigenvalue weighted by molar-refractivity contribution is 5.64. The topological polar surface area (TPSA) is 41.3 Å². The van der Waals surface area contributed by atoms with Crippen LogP contribution in [0.1, 0.15) is 13.8 Å². The minimum Gasteiger partial charge on any atom is -0.397 e. The average molecular weight is 179 g/mol. The maximum Gasteiger partial charge on any atom is 0.0719 e. The molecule has 3 N–H and O–H groups in total. The van der Waals surface area contributed by atoms with Crippen molar-refractivity contribution in [3.05, 3.63) is 24.3 Å². The van der Waals surface area contributed by atoms with E-state index in [0.29, 0.717) is 0 Å². The van der Waals surface area contributed by atoms with Gasteiger partial charge in [-0.15, -0.1) is 0 Å². The summed E-state index contributed by atoms with van der Waals surface area (Å²) in [5, 5.41) is 2.10. The van der Waals surface area contributed by atoms with Crippen molar-refractivity contribution in [2.45, 2.75) is 13.8 Å². The van der Waals surface area contributed by atoms with Crippen LogP contribution in [0.15, 0.2) is 24.3 Å². The maximum absolute atomic E-state index is 5.79. The van der Waals surface area contributed by atoms with E-state index >= 15 is 0 Å². The second-order valence-corrected chi connectivity index (χ2v) is 2.87. The fraction of sp³-hybridized carbons (Fsp3) is 0.400. The van der Waals surface area contributed by atoms with Crippen molar-refractivity contribution < 1.29 is 0 Å². The van der Waals surface area contributed by atoms with Gasteiger partial charge >= 0.3 is 0 Å². The zero-order valence-corrected chi connectivity index (χ0v) is 8.25. The summed E-state index contributed by atoms with van der Waals surface area (Å²) in [7, 11) is 0. The Morgan fingerprint density at radius 1 is 1.23 bits per heavy atom. The Hall–Kier alpha value is -1.22. The molecule has 0 amide bonds.